The van der Waals surface area contributed by atoms with Gasteiger partial charge in [0, 0.05) is 30.1 Å². The average molecular weight is 314 g/mol. The number of carbonyl (C=O) groups excluding carboxylic acids is 1. The summed E-state index contributed by atoms with van der Waals surface area (Å²) in [6, 6.07) is 5.35. The lowest BCUT2D eigenvalue weighted by Gasteiger charge is -2.17. The topological polar surface area (TPSA) is 49.8 Å². The van der Waals surface area contributed by atoms with Crippen LogP contribution in [0.2, 0.25) is 0 Å². The third-order valence-electron chi connectivity index (χ3n) is 3.24. The van der Waals surface area contributed by atoms with E-state index in [9.17, 15) is 4.79 Å². The number of amides is 1. The summed E-state index contributed by atoms with van der Waals surface area (Å²) in [5, 5.41) is 9.11. The molecule has 1 aliphatic rings. The molecular weight excluding hydrogens is 298 g/mol. The highest BCUT2D eigenvalue weighted by molar-refractivity contribution is 9.10. The second kappa shape index (κ2) is 5.71. The molecule has 0 aromatic heterocycles. The van der Waals surface area contributed by atoms with Crippen LogP contribution in [-0.2, 0) is 0 Å². The maximum atomic E-state index is 12.4. The molecule has 1 aliphatic heterocycles. The molecule has 0 aliphatic carbocycles. The van der Waals surface area contributed by atoms with Gasteiger partial charge >= 0.3 is 0 Å². The molecule has 4 nitrogen and oxygen atoms in total. The van der Waals surface area contributed by atoms with Gasteiger partial charge < -0.3 is 14.7 Å². The first kappa shape index (κ1) is 13.4. The molecule has 2 rings (SSSR count). The van der Waals surface area contributed by atoms with Crippen molar-refractivity contribution in [2.24, 2.45) is 5.92 Å². The highest BCUT2D eigenvalue weighted by atomic mass is 79.9. The largest absolute Gasteiger partial charge is 0.497 e. The number of nitrogens with zero attached hydrogens (tertiary/aromatic N) is 1. The van der Waals surface area contributed by atoms with E-state index in [1.165, 1.54) is 0 Å². The van der Waals surface area contributed by atoms with E-state index in [1.54, 1.807) is 24.1 Å². The number of methoxy groups -OCH3 is 1. The molecule has 1 fully saturated rings. The van der Waals surface area contributed by atoms with Crippen molar-refractivity contribution in [1.29, 1.82) is 0 Å². The van der Waals surface area contributed by atoms with Crippen molar-refractivity contribution in [3.05, 3.63) is 28.2 Å². The summed E-state index contributed by atoms with van der Waals surface area (Å²) >= 11 is 3.39. The minimum absolute atomic E-state index is 0.0169. The fourth-order valence-corrected chi connectivity index (χ4v) is 2.55. The molecule has 98 valence electrons. The van der Waals surface area contributed by atoms with Crippen LogP contribution < -0.4 is 4.74 Å². The molecule has 0 saturated carbocycles. The Morgan fingerprint density at radius 2 is 2.39 bits per heavy atom. The van der Waals surface area contributed by atoms with Crippen molar-refractivity contribution >= 4 is 21.8 Å². The van der Waals surface area contributed by atoms with Crippen LogP contribution in [0.1, 0.15) is 16.8 Å². The lowest BCUT2D eigenvalue weighted by atomic mass is 10.1. The van der Waals surface area contributed by atoms with Gasteiger partial charge in [-0.3, -0.25) is 4.79 Å². The van der Waals surface area contributed by atoms with E-state index in [0.29, 0.717) is 24.4 Å². The first-order valence-corrected chi connectivity index (χ1v) is 6.68. The van der Waals surface area contributed by atoms with Gasteiger partial charge in [-0.1, -0.05) is 0 Å². The van der Waals surface area contributed by atoms with E-state index in [-0.39, 0.29) is 18.4 Å². The van der Waals surface area contributed by atoms with Crippen LogP contribution in [0.4, 0.5) is 0 Å². The Labute approximate surface area is 115 Å². The van der Waals surface area contributed by atoms with E-state index in [4.69, 9.17) is 9.84 Å². The predicted molar refractivity (Wildman–Crippen MR) is 71.8 cm³/mol. The van der Waals surface area contributed by atoms with E-state index in [0.717, 1.165) is 10.9 Å². The van der Waals surface area contributed by atoms with Crippen molar-refractivity contribution in [1.82, 2.24) is 4.90 Å². The molecule has 1 unspecified atom stereocenters. The van der Waals surface area contributed by atoms with Crippen molar-refractivity contribution in [2.45, 2.75) is 6.42 Å². The number of hydrogen-bond donors (Lipinski definition) is 1. The molecular formula is C13H16BrNO3. The molecule has 5 heteroatoms. The summed E-state index contributed by atoms with van der Waals surface area (Å²) < 4.78 is 5.90. The molecule has 1 amide bonds. The summed E-state index contributed by atoms with van der Waals surface area (Å²) in [7, 11) is 1.58. The van der Waals surface area contributed by atoms with Crippen LogP contribution in [0.5, 0.6) is 5.75 Å². The van der Waals surface area contributed by atoms with Crippen molar-refractivity contribution in [2.75, 3.05) is 26.8 Å². The third-order valence-corrected chi connectivity index (χ3v) is 3.93. The Bertz CT molecular complexity index is 450. The van der Waals surface area contributed by atoms with Crippen LogP contribution in [0.15, 0.2) is 22.7 Å². The van der Waals surface area contributed by atoms with Crippen LogP contribution in [0.3, 0.4) is 0 Å². The first-order chi connectivity index (χ1) is 8.65. The fourth-order valence-electron chi connectivity index (χ4n) is 2.13. The van der Waals surface area contributed by atoms with Crippen LogP contribution in [0, 0.1) is 5.92 Å². The minimum Gasteiger partial charge on any atom is -0.497 e. The zero-order chi connectivity index (χ0) is 13.1. The Kier molecular flexibility index (Phi) is 4.24. The van der Waals surface area contributed by atoms with Gasteiger partial charge in [0.1, 0.15) is 5.75 Å². The second-order valence-electron chi connectivity index (χ2n) is 4.43. The number of likely N-dealkylation sites (tertiary alicyclic amines) is 1. The number of carbonyl (C=O) groups is 1. The number of aliphatic hydroxyl groups is 1. The Morgan fingerprint density at radius 1 is 1.61 bits per heavy atom. The standard InChI is InChI=1S/C13H16BrNO3/c1-18-10-2-3-12(14)11(6-10)13(17)15-5-4-9(7-15)8-16/h2-3,6,9,16H,4-5,7-8H2,1H3. The zero-order valence-corrected chi connectivity index (χ0v) is 11.8. The highest BCUT2D eigenvalue weighted by Crippen LogP contribution is 2.26. The quantitative estimate of drug-likeness (QED) is 0.927. The van der Waals surface area contributed by atoms with E-state index < -0.39 is 0 Å². The first-order valence-electron chi connectivity index (χ1n) is 5.89. The van der Waals surface area contributed by atoms with Gasteiger partial charge in [0.05, 0.1) is 12.7 Å². The smallest absolute Gasteiger partial charge is 0.255 e. The summed E-state index contributed by atoms with van der Waals surface area (Å²) in [5.74, 6) is 0.856. The molecule has 0 radical (unpaired) electrons. The second-order valence-corrected chi connectivity index (χ2v) is 5.29. The van der Waals surface area contributed by atoms with Crippen LogP contribution in [-0.4, -0.2) is 42.7 Å². The number of rotatable bonds is 3. The van der Waals surface area contributed by atoms with Crippen molar-refractivity contribution in [3.8, 4) is 5.75 Å². The summed E-state index contributed by atoms with van der Waals surface area (Å²) in [5.41, 5.74) is 0.605. The number of halogens is 1. The average Bonchev–Trinajstić information content (AvgIpc) is 2.87. The molecule has 1 N–H and O–H groups in total. The lowest BCUT2D eigenvalue weighted by molar-refractivity contribution is 0.0780. The van der Waals surface area contributed by atoms with Crippen molar-refractivity contribution < 1.29 is 14.6 Å². The van der Waals surface area contributed by atoms with Gasteiger partial charge in [-0.15, -0.1) is 0 Å². The molecule has 0 bridgehead atoms. The predicted octanol–water partition coefficient (Wildman–Crippen LogP) is 1.91. The monoisotopic (exact) mass is 313 g/mol. The Morgan fingerprint density at radius 3 is 3.00 bits per heavy atom. The summed E-state index contributed by atoms with van der Waals surface area (Å²) in [6.07, 6.45) is 0.865. The molecule has 18 heavy (non-hydrogen) atoms. The maximum Gasteiger partial charge on any atom is 0.255 e. The fraction of sp³-hybridized carbons (Fsp3) is 0.462. The highest BCUT2D eigenvalue weighted by Gasteiger charge is 2.27. The molecule has 1 atom stereocenters. The molecule has 1 heterocycles. The Hall–Kier alpha value is -1.07. The van der Waals surface area contributed by atoms with Crippen LogP contribution in [0.25, 0.3) is 0 Å². The van der Waals surface area contributed by atoms with E-state index in [2.05, 4.69) is 15.9 Å². The van der Waals surface area contributed by atoms with Gasteiger partial charge in [-0.25, -0.2) is 0 Å². The number of ether oxygens (including phenoxy) is 1. The molecule has 1 saturated heterocycles. The molecule has 1 aromatic rings. The van der Waals surface area contributed by atoms with Gasteiger partial charge in [0.2, 0.25) is 0 Å². The zero-order valence-electron chi connectivity index (χ0n) is 10.2. The number of aliphatic hydroxyl groups excluding tert-OH is 1. The summed E-state index contributed by atoms with van der Waals surface area (Å²) in [4.78, 5) is 14.1. The number of hydrogen-bond acceptors (Lipinski definition) is 3. The van der Waals surface area contributed by atoms with E-state index >= 15 is 0 Å². The molecule has 1 aromatic carbocycles. The van der Waals surface area contributed by atoms with Gasteiger partial charge in [-0.2, -0.15) is 0 Å². The normalized spacial score (nSPS) is 19.1. The third kappa shape index (κ3) is 2.67. The SMILES string of the molecule is COc1ccc(Br)c(C(=O)N2CCC(CO)C2)c1. The van der Waals surface area contributed by atoms with Gasteiger partial charge in [0.25, 0.3) is 5.91 Å². The lowest BCUT2D eigenvalue weighted by Crippen LogP contribution is -2.29. The summed E-state index contributed by atoms with van der Waals surface area (Å²) in [6.45, 7) is 1.47. The van der Waals surface area contributed by atoms with Gasteiger partial charge in [0.15, 0.2) is 0 Å². The van der Waals surface area contributed by atoms with Crippen LogP contribution >= 0.6 is 15.9 Å². The van der Waals surface area contributed by atoms with E-state index in [1.807, 2.05) is 6.07 Å². The number of benzene rings is 1. The Balaban J connectivity index is 2.18. The van der Waals surface area contributed by atoms with Crippen molar-refractivity contribution in [3.63, 3.8) is 0 Å². The van der Waals surface area contributed by atoms with Gasteiger partial charge in [-0.05, 0) is 40.5 Å². The maximum absolute atomic E-state index is 12.4. The molecule has 0 spiro atoms. The minimum atomic E-state index is -0.0169.